The van der Waals surface area contributed by atoms with Crippen LogP contribution in [0.3, 0.4) is 0 Å². The van der Waals surface area contributed by atoms with Gasteiger partial charge in [0.25, 0.3) is 5.91 Å². The molecule has 1 unspecified atom stereocenters. The molecule has 8 nitrogen and oxygen atoms in total. The smallest absolute Gasteiger partial charge is 0.326 e. The number of benzene rings is 1. The van der Waals surface area contributed by atoms with Gasteiger partial charge in [0.1, 0.15) is 24.2 Å². The predicted molar refractivity (Wildman–Crippen MR) is 97.8 cm³/mol. The van der Waals surface area contributed by atoms with E-state index >= 15 is 0 Å². The second-order valence-electron chi connectivity index (χ2n) is 6.65. The zero-order chi connectivity index (χ0) is 19.7. The third-order valence-corrected chi connectivity index (χ3v) is 4.73. The standard InChI is InChI=1S/C20H19N3O5/c1-12-7-14(10-27-13-5-3-2-4-6-13)28-18(12)19(24)23-9-16-15(21-11-22-16)8-17(23)20(25)26/h2-7,11,17H,8-10H2,1H3,(H,21,22)(H,25,26). The van der Waals surface area contributed by atoms with Crippen molar-refractivity contribution in [3.05, 3.63) is 71.2 Å². The number of carboxylic acids is 1. The van der Waals surface area contributed by atoms with Crippen LogP contribution in [0.4, 0.5) is 0 Å². The fourth-order valence-electron chi connectivity index (χ4n) is 3.30. The minimum atomic E-state index is -1.07. The van der Waals surface area contributed by atoms with Crippen LogP contribution in [-0.2, 0) is 24.4 Å². The quantitative estimate of drug-likeness (QED) is 0.703. The van der Waals surface area contributed by atoms with E-state index in [1.54, 1.807) is 13.0 Å². The highest BCUT2D eigenvalue weighted by atomic mass is 16.5. The second kappa shape index (κ2) is 7.22. The topological polar surface area (TPSA) is 109 Å². The number of fused-ring (bicyclic) bond motifs is 1. The Hall–Kier alpha value is -3.55. The third-order valence-electron chi connectivity index (χ3n) is 4.73. The van der Waals surface area contributed by atoms with Crippen molar-refractivity contribution in [2.45, 2.75) is 32.5 Å². The van der Waals surface area contributed by atoms with Crippen LogP contribution >= 0.6 is 0 Å². The van der Waals surface area contributed by atoms with Crippen LogP contribution in [0, 0.1) is 6.92 Å². The number of aromatic amines is 1. The summed E-state index contributed by atoms with van der Waals surface area (Å²) >= 11 is 0. The Morgan fingerprint density at radius 1 is 1.36 bits per heavy atom. The Labute approximate surface area is 160 Å². The van der Waals surface area contributed by atoms with Gasteiger partial charge in [0.15, 0.2) is 5.76 Å². The second-order valence-corrected chi connectivity index (χ2v) is 6.65. The number of aromatic nitrogens is 2. The molecular weight excluding hydrogens is 362 g/mol. The number of furan rings is 1. The number of rotatable bonds is 5. The number of carbonyl (C=O) groups excluding carboxylic acids is 1. The van der Waals surface area contributed by atoms with Crippen molar-refractivity contribution < 1.29 is 23.8 Å². The lowest BCUT2D eigenvalue weighted by atomic mass is 10.0. The van der Waals surface area contributed by atoms with E-state index in [0.717, 1.165) is 5.69 Å². The van der Waals surface area contributed by atoms with Crippen LogP contribution in [-0.4, -0.2) is 37.9 Å². The molecule has 0 saturated heterocycles. The van der Waals surface area contributed by atoms with E-state index in [9.17, 15) is 14.7 Å². The summed E-state index contributed by atoms with van der Waals surface area (Å²) in [5, 5.41) is 9.57. The minimum absolute atomic E-state index is 0.126. The largest absolute Gasteiger partial charge is 0.486 e. The van der Waals surface area contributed by atoms with Crippen molar-refractivity contribution >= 4 is 11.9 Å². The molecule has 0 saturated carbocycles. The lowest BCUT2D eigenvalue weighted by Gasteiger charge is -2.31. The van der Waals surface area contributed by atoms with E-state index in [1.807, 2.05) is 30.3 Å². The molecule has 2 N–H and O–H groups in total. The Balaban J connectivity index is 1.54. The van der Waals surface area contributed by atoms with E-state index in [-0.39, 0.29) is 25.3 Å². The van der Waals surface area contributed by atoms with Gasteiger partial charge in [0, 0.05) is 12.0 Å². The summed E-state index contributed by atoms with van der Waals surface area (Å²) < 4.78 is 11.4. The van der Waals surface area contributed by atoms with Gasteiger partial charge in [-0.05, 0) is 25.1 Å². The van der Waals surface area contributed by atoms with Crippen LogP contribution in [0.15, 0.2) is 47.1 Å². The van der Waals surface area contributed by atoms with Crippen molar-refractivity contribution in [1.82, 2.24) is 14.9 Å². The van der Waals surface area contributed by atoms with E-state index < -0.39 is 17.9 Å². The Bertz CT molecular complexity index is 1010. The summed E-state index contributed by atoms with van der Waals surface area (Å²) in [6.45, 7) is 2.07. The van der Waals surface area contributed by atoms with E-state index in [1.165, 1.54) is 11.2 Å². The van der Waals surface area contributed by atoms with Gasteiger partial charge >= 0.3 is 5.97 Å². The molecule has 1 aliphatic heterocycles. The first-order chi connectivity index (χ1) is 13.5. The SMILES string of the molecule is Cc1cc(COc2ccccc2)oc1C(=O)N1Cc2[nH]cnc2CC1C(=O)O. The maximum absolute atomic E-state index is 13.0. The molecule has 3 aromatic rings. The minimum Gasteiger partial charge on any atom is -0.486 e. The maximum atomic E-state index is 13.0. The number of nitrogens with zero attached hydrogens (tertiary/aromatic N) is 2. The predicted octanol–water partition coefficient (Wildman–Crippen LogP) is 2.54. The summed E-state index contributed by atoms with van der Waals surface area (Å²) in [5.74, 6) is -0.218. The Morgan fingerprint density at radius 3 is 2.89 bits per heavy atom. The van der Waals surface area contributed by atoms with Gasteiger partial charge in [-0.25, -0.2) is 9.78 Å². The highest BCUT2D eigenvalue weighted by molar-refractivity contribution is 5.95. The molecule has 1 aromatic carbocycles. The number of hydrogen-bond acceptors (Lipinski definition) is 5. The van der Waals surface area contributed by atoms with Crippen molar-refractivity contribution in [1.29, 1.82) is 0 Å². The number of imidazole rings is 1. The highest BCUT2D eigenvalue weighted by Gasteiger charge is 2.38. The molecule has 1 amide bonds. The number of carbonyl (C=O) groups is 2. The summed E-state index contributed by atoms with van der Waals surface area (Å²) in [7, 11) is 0. The average molecular weight is 381 g/mol. The normalized spacial score (nSPS) is 15.9. The molecule has 28 heavy (non-hydrogen) atoms. The molecule has 1 atom stereocenters. The first-order valence-electron chi connectivity index (χ1n) is 8.85. The monoisotopic (exact) mass is 381 g/mol. The Morgan fingerprint density at radius 2 is 2.14 bits per heavy atom. The number of ether oxygens (including phenoxy) is 1. The number of para-hydroxylation sites is 1. The summed E-state index contributed by atoms with van der Waals surface area (Å²) in [6, 6.07) is 10.0. The zero-order valence-electron chi connectivity index (χ0n) is 15.2. The van der Waals surface area contributed by atoms with Crippen LogP contribution < -0.4 is 4.74 Å². The Kier molecular flexibility index (Phi) is 4.60. The molecular formula is C20H19N3O5. The van der Waals surface area contributed by atoms with Gasteiger partial charge < -0.3 is 24.1 Å². The highest BCUT2D eigenvalue weighted by Crippen LogP contribution is 2.25. The van der Waals surface area contributed by atoms with Gasteiger partial charge in [0.05, 0.1) is 24.3 Å². The fraction of sp³-hybridized carbons (Fsp3) is 0.250. The van der Waals surface area contributed by atoms with E-state index in [0.29, 0.717) is 22.8 Å². The van der Waals surface area contributed by atoms with Crippen LogP contribution in [0.5, 0.6) is 5.75 Å². The number of nitrogens with one attached hydrogen (secondary N) is 1. The summed E-state index contributed by atoms with van der Waals surface area (Å²) in [6.07, 6.45) is 1.67. The number of amides is 1. The van der Waals surface area contributed by atoms with Gasteiger partial charge in [0.2, 0.25) is 0 Å². The van der Waals surface area contributed by atoms with Gasteiger partial charge in [-0.1, -0.05) is 18.2 Å². The van der Waals surface area contributed by atoms with Gasteiger partial charge in [-0.3, -0.25) is 4.79 Å². The van der Waals surface area contributed by atoms with Gasteiger partial charge in [-0.15, -0.1) is 0 Å². The number of hydrogen-bond donors (Lipinski definition) is 2. The van der Waals surface area contributed by atoms with Crippen molar-refractivity contribution in [3.8, 4) is 5.75 Å². The number of aliphatic carboxylic acids is 1. The molecule has 144 valence electrons. The molecule has 0 fully saturated rings. The molecule has 0 aliphatic carbocycles. The van der Waals surface area contributed by atoms with Crippen LogP contribution in [0.25, 0.3) is 0 Å². The maximum Gasteiger partial charge on any atom is 0.326 e. The van der Waals surface area contributed by atoms with Crippen molar-refractivity contribution in [2.24, 2.45) is 0 Å². The lowest BCUT2D eigenvalue weighted by molar-refractivity contribution is -0.142. The fourth-order valence-corrected chi connectivity index (χ4v) is 3.30. The number of H-pyrrole nitrogens is 1. The summed E-state index contributed by atoms with van der Waals surface area (Å²) in [5.41, 5.74) is 2.04. The average Bonchev–Trinajstić information content (AvgIpc) is 3.31. The van der Waals surface area contributed by atoms with Crippen LogP contribution in [0.1, 0.15) is 33.3 Å². The van der Waals surface area contributed by atoms with Crippen LogP contribution in [0.2, 0.25) is 0 Å². The molecule has 0 radical (unpaired) electrons. The molecule has 0 spiro atoms. The van der Waals surface area contributed by atoms with E-state index in [4.69, 9.17) is 9.15 Å². The first-order valence-corrected chi connectivity index (χ1v) is 8.85. The first kappa shape index (κ1) is 17.8. The number of carboxylic acid groups (broad SMARTS) is 1. The lowest BCUT2D eigenvalue weighted by Crippen LogP contribution is -2.48. The molecule has 4 rings (SSSR count). The molecule has 0 bridgehead atoms. The molecule has 1 aliphatic rings. The molecule has 8 heteroatoms. The zero-order valence-corrected chi connectivity index (χ0v) is 15.2. The van der Waals surface area contributed by atoms with Crippen molar-refractivity contribution in [3.63, 3.8) is 0 Å². The van der Waals surface area contributed by atoms with Gasteiger partial charge in [-0.2, -0.15) is 0 Å². The van der Waals surface area contributed by atoms with Crippen molar-refractivity contribution in [2.75, 3.05) is 0 Å². The third kappa shape index (κ3) is 3.36. The number of aryl methyl sites for hydroxylation is 1. The molecule has 3 heterocycles. The van der Waals surface area contributed by atoms with E-state index in [2.05, 4.69) is 9.97 Å². The molecule has 2 aromatic heterocycles. The summed E-state index contributed by atoms with van der Waals surface area (Å²) in [4.78, 5) is 33.1.